The standard InChI is InChI=1S/C12H8BrN3/c13-10-4-5-11-9(7-10)8-16(15-11)12-3-1-2-6-14-12/h1-8H. The number of nitrogens with zero attached hydrogens (tertiary/aromatic N) is 3. The highest BCUT2D eigenvalue weighted by atomic mass is 79.9. The summed E-state index contributed by atoms with van der Waals surface area (Å²) < 4.78 is 2.84. The smallest absolute Gasteiger partial charge is 0.153 e. The van der Waals surface area contributed by atoms with E-state index in [1.165, 1.54) is 0 Å². The minimum atomic E-state index is 0.829. The molecule has 0 amide bonds. The van der Waals surface area contributed by atoms with Gasteiger partial charge in [0.15, 0.2) is 5.82 Å². The van der Waals surface area contributed by atoms with E-state index in [0.717, 1.165) is 21.2 Å². The number of benzene rings is 1. The van der Waals surface area contributed by atoms with Crippen molar-refractivity contribution in [3.63, 3.8) is 0 Å². The van der Waals surface area contributed by atoms with E-state index in [9.17, 15) is 0 Å². The molecule has 0 atom stereocenters. The summed E-state index contributed by atoms with van der Waals surface area (Å²) in [6.07, 6.45) is 3.74. The second-order valence-electron chi connectivity index (χ2n) is 3.46. The highest BCUT2D eigenvalue weighted by Gasteiger charge is 2.02. The summed E-state index contributed by atoms with van der Waals surface area (Å²) in [4.78, 5) is 4.26. The lowest BCUT2D eigenvalue weighted by Gasteiger charge is -1.96. The lowest BCUT2D eigenvalue weighted by molar-refractivity contribution is 0.860. The number of aromatic nitrogens is 3. The van der Waals surface area contributed by atoms with Gasteiger partial charge in [-0.05, 0) is 30.3 Å². The van der Waals surface area contributed by atoms with Crippen LogP contribution >= 0.6 is 15.9 Å². The third kappa shape index (κ3) is 1.61. The Balaban J connectivity index is 2.19. The number of halogens is 1. The van der Waals surface area contributed by atoms with Gasteiger partial charge in [0.1, 0.15) is 0 Å². The van der Waals surface area contributed by atoms with Crippen molar-refractivity contribution in [2.24, 2.45) is 0 Å². The van der Waals surface area contributed by atoms with Crippen LogP contribution in [0.15, 0.2) is 53.3 Å². The van der Waals surface area contributed by atoms with E-state index in [1.807, 2.05) is 42.6 Å². The number of hydrogen-bond acceptors (Lipinski definition) is 2. The molecule has 0 N–H and O–H groups in total. The zero-order valence-electron chi connectivity index (χ0n) is 8.34. The SMILES string of the molecule is Brc1ccc2nn(-c3ccccn3)cc2c1. The van der Waals surface area contributed by atoms with Gasteiger partial charge >= 0.3 is 0 Å². The van der Waals surface area contributed by atoms with Crippen molar-refractivity contribution in [1.82, 2.24) is 14.8 Å². The van der Waals surface area contributed by atoms with E-state index < -0.39 is 0 Å². The van der Waals surface area contributed by atoms with E-state index in [2.05, 4.69) is 26.0 Å². The van der Waals surface area contributed by atoms with Crippen molar-refractivity contribution in [3.8, 4) is 5.82 Å². The van der Waals surface area contributed by atoms with Crippen molar-refractivity contribution < 1.29 is 0 Å². The normalized spacial score (nSPS) is 10.8. The Hall–Kier alpha value is -1.68. The Bertz CT molecular complexity index is 631. The highest BCUT2D eigenvalue weighted by molar-refractivity contribution is 9.10. The predicted molar refractivity (Wildman–Crippen MR) is 66.6 cm³/mol. The van der Waals surface area contributed by atoms with E-state index in [4.69, 9.17) is 0 Å². The Labute approximate surface area is 101 Å². The average molecular weight is 274 g/mol. The maximum Gasteiger partial charge on any atom is 0.153 e. The maximum atomic E-state index is 4.46. The quantitative estimate of drug-likeness (QED) is 0.682. The van der Waals surface area contributed by atoms with Gasteiger partial charge in [-0.15, -0.1) is 0 Å². The van der Waals surface area contributed by atoms with Gasteiger partial charge in [-0.2, -0.15) is 5.10 Å². The van der Waals surface area contributed by atoms with E-state index >= 15 is 0 Å². The van der Waals surface area contributed by atoms with Crippen LogP contribution in [0.4, 0.5) is 0 Å². The topological polar surface area (TPSA) is 30.7 Å². The van der Waals surface area contributed by atoms with Crippen LogP contribution in [0.1, 0.15) is 0 Å². The molecule has 0 aliphatic rings. The van der Waals surface area contributed by atoms with Crippen LogP contribution < -0.4 is 0 Å². The van der Waals surface area contributed by atoms with Gasteiger partial charge in [0, 0.05) is 22.3 Å². The first-order valence-corrected chi connectivity index (χ1v) is 5.68. The summed E-state index contributed by atoms with van der Waals surface area (Å²) in [5.41, 5.74) is 0.967. The van der Waals surface area contributed by atoms with Crippen LogP contribution in [0.3, 0.4) is 0 Å². The maximum absolute atomic E-state index is 4.46. The minimum Gasteiger partial charge on any atom is -0.237 e. The molecule has 3 nitrogen and oxygen atoms in total. The fraction of sp³-hybridized carbons (Fsp3) is 0. The van der Waals surface area contributed by atoms with E-state index in [1.54, 1.807) is 10.9 Å². The molecule has 0 aliphatic heterocycles. The van der Waals surface area contributed by atoms with E-state index in [0.29, 0.717) is 0 Å². The van der Waals surface area contributed by atoms with Crippen LogP contribution in [0, 0.1) is 0 Å². The molecule has 0 saturated carbocycles. The molecule has 16 heavy (non-hydrogen) atoms. The molecule has 1 aromatic carbocycles. The highest BCUT2D eigenvalue weighted by Crippen LogP contribution is 2.19. The average Bonchev–Trinajstić information content (AvgIpc) is 2.73. The first kappa shape index (κ1) is 9.54. The van der Waals surface area contributed by atoms with Gasteiger partial charge in [0.25, 0.3) is 0 Å². The second kappa shape index (κ2) is 3.72. The van der Waals surface area contributed by atoms with Crippen molar-refractivity contribution >= 4 is 26.8 Å². The number of pyridine rings is 1. The van der Waals surface area contributed by atoms with Crippen LogP contribution in [0.5, 0.6) is 0 Å². The molecular formula is C12H8BrN3. The Morgan fingerprint density at radius 3 is 2.88 bits per heavy atom. The van der Waals surface area contributed by atoms with Gasteiger partial charge in [0.05, 0.1) is 5.52 Å². The van der Waals surface area contributed by atoms with Gasteiger partial charge in [-0.25, -0.2) is 9.67 Å². The number of hydrogen-bond donors (Lipinski definition) is 0. The summed E-state index contributed by atoms with van der Waals surface area (Å²) >= 11 is 3.45. The first-order chi connectivity index (χ1) is 7.83. The summed E-state index contributed by atoms with van der Waals surface area (Å²) in [6.45, 7) is 0. The van der Waals surface area contributed by atoms with Crippen LogP contribution in [0.25, 0.3) is 16.7 Å². The molecule has 3 aromatic rings. The van der Waals surface area contributed by atoms with E-state index in [-0.39, 0.29) is 0 Å². The lowest BCUT2D eigenvalue weighted by atomic mass is 10.3. The largest absolute Gasteiger partial charge is 0.237 e. The van der Waals surface area contributed by atoms with Gasteiger partial charge in [0.2, 0.25) is 0 Å². The second-order valence-corrected chi connectivity index (χ2v) is 4.38. The third-order valence-corrected chi connectivity index (χ3v) is 2.84. The van der Waals surface area contributed by atoms with Crippen LogP contribution in [-0.2, 0) is 0 Å². The zero-order chi connectivity index (χ0) is 11.0. The fourth-order valence-electron chi connectivity index (χ4n) is 1.60. The molecule has 0 spiro atoms. The molecule has 0 unspecified atom stereocenters. The lowest BCUT2D eigenvalue weighted by Crippen LogP contribution is -1.96. The zero-order valence-corrected chi connectivity index (χ0v) is 9.92. The molecule has 0 saturated heterocycles. The molecule has 0 fully saturated rings. The monoisotopic (exact) mass is 273 g/mol. The number of rotatable bonds is 1. The summed E-state index contributed by atoms with van der Waals surface area (Å²) in [5.74, 6) is 0.829. The van der Waals surface area contributed by atoms with Crippen molar-refractivity contribution in [3.05, 3.63) is 53.3 Å². The summed E-state index contributed by atoms with van der Waals surface area (Å²) in [7, 11) is 0. The Kier molecular flexibility index (Phi) is 2.22. The van der Waals surface area contributed by atoms with Crippen molar-refractivity contribution in [1.29, 1.82) is 0 Å². The van der Waals surface area contributed by atoms with Gasteiger partial charge < -0.3 is 0 Å². The summed E-state index contributed by atoms with van der Waals surface area (Å²) in [5, 5.41) is 5.55. The first-order valence-electron chi connectivity index (χ1n) is 4.89. The van der Waals surface area contributed by atoms with Crippen LogP contribution in [0.2, 0.25) is 0 Å². The molecular weight excluding hydrogens is 266 g/mol. The third-order valence-electron chi connectivity index (χ3n) is 2.35. The molecule has 4 heteroatoms. The molecule has 78 valence electrons. The van der Waals surface area contributed by atoms with Gasteiger partial charge in [-0.1, -0.05) is 22.0 Å². The Morgan fingerprint density at radius 1 is 1.12 bits per heavy atom. The van der Waals surface area contributed by atoms with Crippen LogP contribution in [-0.4, -0.2) is 14.8 Å². The fourth-order valence-corrected chi connectivity index (χ4v) is 1.98. The molecule has 3 rings (SSSR count). The predicted octanol–water partition coefficient (Wildman–Crippen LogP) is 3.18. The molecule has 0 radical (unpaired) electrons. The summed E-state index contributed by atoms with van der Waals surface area (Å²) in [6, 6.07) is 11.8. The molecule has 2 aromatic heterocycles. The van der Waals surface area contributed by atoms with Crippen molar-refractivity contribution in [2.75, 3.05) is 0 Å². The van der Waals surface area contributed by atoms with Gasteiger partial charge in [-0.3, -0.25) is 0 Å². The molecule has 2 heterocycles. The Morgan fingerprint density at radius 2 is 2.06 bits per heavy atom. The molecule has 0 aliphatic carbocycles. The van der Waals surface area contributed by atoms with Crippen molar-refractivity contribution in [2.45, 2.75) is 0 Å². The molecule has 0 bridgehead atoms. The number of fused-ring (bicyclic) bond motifs is 1. The minimum absolute atomic E-state index is 0.829.